The molecule has 0 radical (unpaired) electrons. The quantitative estimate of drug-likeness (QED) is 0.709. The van der Waals surface area contributed by atoms with E-state index in [0.717, 1.165) is 6.42 Å². The molecule has 1 saturated carbocycles. The molecule has 1 aromatic rings. The first-order valence-electron chi connectivity index (χ1n) is 5.83. The molecular weight excluding hydrogens is 182 g/mol. The number of nitrogens with zero attached hydrogens (tertiary/aromatic N) is 1. The second-order valence-corrected chi connectivity index (χ2v) is 4.42. The van der Waals surface area contributed by atoms with Crippen molar-refractivity contribution < 1.29 is 0 Å². The van der Waals surface area contributed by atoms with Gasteiger partial charge in [-0.2, -0.15) is 5.26 Å². The fraction of sp³-hybridized carbons (Fsp3) is 0.500. The minimum atomic E-state index is 0.589. The maximum atomic E-state index is 8.83. The van der Waals surface area contributed by atoms with Crippen LogP contribution in [0.5, 0.6) is 0 Å². The van der Waals surface area contributed by atoms with Crippen LogP contribution in [0.25, 0.3) is 0 Å². The normalized spacial score (nSPS) is 25.8. The van der Waals surface area contributed by atoms with Gasteiger partial charge in [-0.1, -0.05) is 43.2 Å². The second-order valence-electron chi connectivity index (χ2n) is 4.42. The van der Waals surface area contributed by atoms with Crippen LogP contribution in [-0.2, 0) is 0 Å². The molecule has 1 aliphatic rings. The number of benzene rings is 1. The Labute approximate surface area is 91.7 Å². The molecule has 15 heavy (non-hydrogen) atoms. The van der Waals surface area contributed by atoms with Crippen LogP contribution < -0.4 is 0 Å². The van der Waals surface area contributed by atoms with Crippen molar-refractivity contribution in [1.29, 1.82) is 5.26 Å². The third-order valence-electron chi connectivity index (χ3n) is 3.49. The van der Waals surface area contributed by atoms with Crippen LogP contribution in [0, 0.1) is 17.2 Å². The highest BCUT2D eigenvalue weighted by Crippen LogP contribution is 2.39. The van der Waals surface area contributed by atoms with Crippen LogP contribution in [0.3, 0.4) is 0 Å². The maximum absolute atomic E-state index is 8.83. The van der Waals surface area contributed by atoms with E-state index in [1.807, 2.05) is 0 Å². The summed E-state index contributed by atoms with van der Waals surface area (Å²) in [6.07, 6.45) is 5.83. The third kappa shape index (κ3) is 2.39. The van der Waals surface area contributed by atoms with E-state index in [1.54, 1.807) is 0 Å². The van der Waals surface area contributed by atoms with Crippen molar-refractivity contribution in [3.63, 3.8) is 0 Å². The lowest BCUT2D eigenvalue weighted by atomic mass is 9.74. The van der Waals surface area contributed by atoms with Gasteiger partial charge in [0, 0.05) is 6.42 Å². The highest BCUT2D eigenvalue weighted by Gasteiger charge is 2.25. The Morgan fingerprint density at radius 2 is 1.87 bits per heavy atom. The topological polar surface area (TPSA) is 23.8 Å². The fourth-order valence-electron chi connectivity index (χ4n) is 2.71. The van der Waals surface area contributed by atoms with Gasteiger partial charge in [0.1, 0.15) is 0 Å². The Morgan fingerprint density at radius 3 is 2.60 bits per heavy atom. The molecule has 0 saturated heterocycles. The Kier molecular flexibility index (Phi) is 3.40. The maximum Gasteiger partial charge on any atom is 0.0624 e. The zero-order valence-corrected chi connectivity index (χ0v) is 9.02. The molecule has 1 aliphatic carbocycles. The Hall–Kier alpha value is -1.29. The lowest BCUT2D eigenvalue weighted by Gasteiger charge is -2.30. The molecule has 1 nitrogen and oxygen atoms in total. The molecular formula is C14H17N. The predicted molar refractivity (Wildman–Crippen MR) is 61.4 cm³/mol. The van der Waals surface area contributed by atoms with Gasteiger partial charge in [0.05, 0.1) is 6.07 Å². The highest BCUT2D eigenvalue weighted by atomic mass is 14.3. The lowest BCUT2D eigenvalue weighted by molar-refractivity contribution is 0.312. The standard InChI is InChI=1S/C14H17N/c15-11-10-13-8-4-5-9-14(13)12-6-2-1-3-7-12/h1-3,6-7,13-14H,4-5,8-10H2. The van der Waals surface area contributed by atoms with Crippen molar-refractivity contribution in [1.82, 2.24) is 0 Å². The van der Waals surface area contributed by atoms with E-state index in [2.05, 4.69) is 36.4 Å². The average molecular weight is 199 g/mol. The monoisotopic (exact) mass is 199 g/mol. The number of nitriles is 1. The molecule has 0 aliphatic heterocycles. The first kappa shape index (κ1) is 10.2. The van der Waals surface area contributed by atoms with Crippen molar-refractivity contribution >= 4 is 0 Å². The first-order valence-corrected chi connectivity index (χ1v) is 5.83. The molecule has 1 aromatic carbocycles. The fourth-order valence-corrected chi connectivity index (χ4v) is 2.71. The summed E-state index contributed by atoms with van der Waals surface area (Å²) < 4.78 is 0. The van der Waals surface area contributed by atoms with Crippen molar-refractivity contribution in [2.75, 3.05) is 0 Å². The highest BCUT2D eigenvalue weighted by molar-refractivity contribution is 5.21. The summed E-state index contributed by atoms with van der Waals surface area (Å²) in [5.41, 5.74) is 1.43. The van der Waals surface area contributed by atoms with Crippen LogP contribution in [0.2, 0.25) is 0 Å². The summed E-state index contributed by atoms with van der Waals surface area (Å²) >= 11 is 0. The summed E-state index contributed by atoms with van der Waals surface area (Å²) in [6, 6.07) is 13.0. The molecule has 78 valence electrons. The average Bonchev–Trinajstić information content (AvgIpc) is 2.31. The summed E-state index contributed by atoms with van der Waals surface area (Å²) in [6.45, 7) is 0. The Bertz CT molecular complexity index is 336. The van der Waals surface area contributed by atoms with Crippen LogP contribution in [-0.4, -0.2) is 0 Å². The van der Waals surface area contributed by atoms with Crippen LogP contribution >= 0.6 is 0 Å². The number of rotatable bonds is 2. The van der Waals surface area contributed by atoms with E-state index in [0.29, 0.717) is 11.8 Å². The van der Waals surface area contributed by atoms with Crippen molar-refractivity contribution in [3.8, 4) is 6.07 Å². The molecule has 2 rings (SSSR count). The SMILES string of the molecule is N#CCC1CCCCC1c1ccccc1. The van der Waals surface area contributed by atoms with Crippen molar-refractivity contribution in [2.24, 2.45) is 5.92 Å². The van der Waals surface area contributed by atoms with Gasteiger partial charge in [-0.25, -0.2) is 0 Å². The van der Waals surface area contributed by atoms with E-state index in [4.69, 9.17) is 5.26 Å². The molecule has 1 fully saturated rings. The van der Waals surface area contributed by atoms with Crippen LogP contribution in [0.1, 0.15) is 43.6 Å². The molecule has 0 bridgehead atoms. The van der Waals surface area contributed by atoms with Gasteiger partial charge >= 0.3 is 0 Å². The summed E-state index contributed by atoms with van der Waals surface area (Å²) in [4.78, 5) is 0. The molecule has 0 spiro atoms. The van der Waals surface area contributed by atoms with Gasteiger partial charge in [0.15, 0.2) is 0 Å². The minimum Gasteiger partial charge on any atom is -0.198 e. The van der Waals surface area contributed by atoms with Crippen LogP contribution in [0.4, 0.5) is 0 Å². The minimum absolute atomic E-state index is 0.589. The smallest absolute Gasteiger partial charge is 0.0624 e. The number of hydrogen-bond acceptors (Lipinski definition) is 1. The Morgan fingerprint density at radius 1 is 1.13 bits per heavy atom. The molecule has 0 aromatic heterocycles. The lowest BCUT2D eigenvalue weighted by Crippen LogP contribution is -2.17. The summed E-state index contributed by atoms with van der Waals surface area (Å²) in [7, 11) is 0. The van der Waals surface area contributed by atoms with E-state index in [-0.39, 0.29) is 0 Å². The third-order valence-corrected chi connectivity index (χ3v) is 3.49. The molecule has 1 heteroatoms. The first-order chi connectivity index (χ1) is 7.42. The zero-order chi connectivity index (χ0) is 10.5. The summed E-state index contributed by atoms with van der Waals surface area (Å²) in [5.74, 6) is 1.21. The van der Waals surface area contributed by atoms with Gasteiger partial charge in [0.25, 0.3) is 0 Å². The predicted octanol–water partition coefficient (Wildman–Crippen LogP) is 3.87. The van der Waals surface area contributed by atoms with Crippen molar-refractivity contribution in [2.45, 2.75) is 38.0 Å². The van der Waals surface area contributed by atoms with E-state index in [9.17, 15) is 0 Å². The zero-order valence-electron chi connectivity index (χ0n) is 9.02. The molecule has 0 amide bonds. The van der Waals surface area contributed by atoms with Gasteiger partial charge in [-0.3, -0.25) is 0 Å². The summed E-state index contributed by atoms with van der Waals surface area (Å²) in [5, 5.41) is 8.83. The van der Waals surface area contributed by atoms with Gasteiger partial charge < -0.3 is 0 Å². The Balaban J connectivity index is 2.15. The van der Waals surface area contributed by atoms with E-state index < -0.39 is 0 Å². The van der Waals surface area contributed by atoms with Crippen LogP contribution in [0.15, 0.2) is 30.3 Å². The second kappa shape index (κ2) is 4.98. The van der Waals surface area contributed by atoms with Crippen molar-refractivity contribution in [3.05, 3.63) is 35.9 Å². The largest absolute Gasteiger partial charge is 0.198 e. The number of hydrogen-bond donors (Lipinski definition) is 0. The van der Waals surface area contributed by atoms with E-state index >= 15 is 0 Å². The molecule has 0 heterocycles. The molecule has 2 unspecified atom stereocenters. The van der Waals surface area contributed by atoms with E-state index in [1.165, 1.54) is 31.2 Å². The van der Waals surface area contributed by atoms with Gasteiger partial charge in [0.2, 0.25) is 0 Å². The van der Waals surface area contributed by atoms with Gasteiger partial charge in [-0.05, 0) is 30.2 Å². The molecule has 0 N–H and O–H groups in total. The molecule has 2 atom stereocenters. The van der Waals surface area contributed by atoms with Gasteiger partial charge in [-0.15, -0.1) is 0 Å².